The van der Waals surface area contributed by atoms with Crippen molar-refractivity contribution in [3.63, 3.8) is 0 Å². The van der Waals surface area contributed by atoms with Gasteiger partial charge in [0.1, 0.15) is 0 Å². The molecule has 5 N–H and O–H groups in total. The van der Waals surface area contributed by atoms with E-state index in [4.69, 9.17) is 16.6 Å². The molecule has 5 nitrogen and oxygen atoms in total. The minimum Gasteiger partial charge on any atom is -0.481 e. The maximum atomic E-state index is 10.2. The van der Waals surface area contributed by atoms with Crippen LogP contribution < -0.4 is 11.5 Å². The lowest BCUT2D eigenvalue weighted by Crippen LogP contribution is -2.27. The van der Waals surface area contributed by atoms with Crippen LogP contribution in [0.1, 0.15) is 19.3 Å². The lowest BCUT2D eigenvalue weighted by molar-refractivity contribution is -0.137. The third-order valence-electron chi connectivity index (χ3n) is 1.19. The summed E-state index contributed by atoms with van der Waals surface area (Å²) in [6, 6.07) is -0.427. The van der Waals surface area contributed by atoms with Crippen LogP contribution in [0, 0.1) is 0 Å². The molecule has 0 fully saturated rings. The molecule has 0 aliphatic carbocycles. The SMILES string of the molecule is NC(=O)CC(N)CCC(=O)O. The van der Waals surface area contributed by atoms with Crippen LogP contribution in [0.3, 0.4) is 0 Å². The van der Waals surface area contributed by atoms with Gasteiger partial charge in [-0.25, -0.2) is 0 Å². The van der Waals surface area contributed by atoms with E-state index in [0.717, 1.165) is 0 Å². The number of rotatable bonds is 5. The highest BCUT2D eigenvalue weighted by Gasteiger charge is 2.07. The summed E-state index contributed by atoms with van der Waals surface area (Å²) in [7, 11) is 0. The number of carboxylic acids is 1. The van der Waals surface area contributed by atoms with Crippen molar-refractivity contribution in [2.45, 2.75) is 25.3 Å². The number of carbonyl (C=O) groups is 2. The Bertz CT molecular complexity index is 158. The second-order valence-electron chi connectivity index (χ2n) is 2.36. The number of aliphatic carboxylic acids is 1. The molecular formula is C6H12N2O3. The van der Waals surface area contributed by atoms with Gasteiger partial charge < -0.3 is 16.6 Å². The van der Waals surface area contributed by atoms with Crippen molar-refractivity contribution in [3.8, 4) is 0 Å². The Morgan fingerprint density at radius 2 is 2.00 bits per heavy atom. The van der Waals surface area contributed by atoms with E-state index in [1.54, 1.807) is 0 Å². The average molecular weight is 160 g/mol. The molecule has 0 aliphatic rings. The predicted octanol–water partition coefficient (Wildman–Crippen LogP) is -0.946. The third-order valence-corrected chi connectivity index (χ3v) is 1.19. The normalized spacial score (nSPS) is 12.5. The van der Waals surface area contributed by atoms with E-state index in [9.17, 15) is 9.59 Å². The number of carboxylic acid groups (broad SMARTS) is 1. The molecule has 5 heteroatoms. The minimum atomic E-state index is -0.912. The number of amides is 1. The molecule has 1 atom stereocenters. The third kappa shape index (κ3) is 6.79. The van der Waals surface area contributed by atoms with E-state index in [0.29, 0.717) is 0 Å². The summed E-state index contributed by atoms with van der Waals surface area (Å²) in [4.78, 5) is 20.3. The quantitative estimate of drug-likeness (QED) is 0.482. The van der Waals surface area contributed by atoms with Gasteiger partial charge in [-0.2, -0.15) is 0 Å². The molecule has 0 aromatic rings. The Kier molecular flexibility index (Phi) is 4.21. The fourth-order valence-electron chi connectivity index (χ4n) is 0.669. The molecule has 0 bridgehead atoms. The largest absolute Gasteiger partial charge is 0.481 e. The number of nitrogens with two attached hydrogens (primary N) is 2. The van der Waals surface area contributed by atoms with Crippen molar-refractivity contribution in [2.75, 3.05) is 0 Å². The van der Waals surface area contributed by atoms with Crippen LogP contribution in [0.2, 0.25) is 0 Å². The van der Waals surface area contributed by atoms with Gasteiger partial charge in [0.25, 0.3) is 0 Å². The van der Waals surface area contributed by atoms with Gasteiger partial charge >= 0.3 is 5.97 Å². The molecule has 0 heterocycles. The molecule has 11 heavy (non-hydrogen) atoms. The highest BCUT2D eigenvalue weighted by molar-refractivity contribution is 5.74. The molecule has 1 unspecified atom stereocenters. The maximum absolute atomic E-state index is 10.2. The molecule has 0 spiro atoms. The van der Waals surface area contributed by atoms with Crippen LogP contribution in [0.5, 0.6) is 0 Å². The molecule has 0 aromatic carbocycles. The van der Waals surface area contributed by atoms with E-state index in [1.807, 2.05) is 0 Å². The van der Waals surface area contributed by atoms with Crippen LogP contribution >= 0.6 is 0 Å². The zero-order valence-electron chi connectivity index (χ0n) is 6.12. The number of carbonyl (C=O) groups excluding carboxylic acids is 1. The lowest BCUT2D eigenvalue weighted by Gasteiger charge is -2.05. The van der Waals surface area contributed by atoms with Crippen LogP contribution in [0.25, 0.3) is 0 Å². The van der Waals surface area contributed by atoms with E-state index in [-0.39, 0.29) is 19.3 Å². The van der Waals surface area contributed by atoms with Gasteiger partial charge in [-0.3, -0.25) is 9.59 Å². The number of hydrogen-bond donors (Lipinski definition) is 3. The van der Waals surface area contributed by atoms with Crippen LogP contribution in [-0.4, -0.2) is 23.0 Å². The highest BCUT2D eigenvalue weighted by atomic mass is 16.4. The lowest BCUT2D eigenvalue weighted by atomic mass is 10.1. The van der Waals surface area contributed by atoms with Gasteiger partial charge in [0, 0.05) is 18.9 Å². The fraction of sp³-hybridized carbons (Fsp3) is 0.667. The molecule has 0 aromatic heterocycles. The first kappa shape index (κ1) is 9.90. The Morgan fingerprint density at radius 1 is 1.45 bits per heavy atom. The van der Waals surface area contributed by atoms with Crippen molar-refractivity contribution in [3.05, 3.63) is 0 Å². The number of primary amides is 1. The minimum absolute atomic E-state index is 0.0194. The molecule has 0 rings (SSSR count). The van der Waals surface area contributed by atoms with Crippen LogP contribution in [0.15, 0.2) is 0 Å². The van der Waals surface area contributed by atoms with Crippen molar-refractivity contribution in [1.29, 1.82) is 0 Å². The van der Waals surface area contributed by atoms with Crippen LogP contribution in [0.4, 0.5) is 0 Å². The summed E-state index contributed by atoms with van der Waals surface area (Å²) < 4.78 is 0. The molecule has 0 aliphatic heterocycles. The van der Waals surface area contributed by atoms with Crippen molar-refractivity contribution >= 4 is 11.9 Å². The van der Waals surface area contributed by atoms with E-state index >= 15 is 0 Å². The molecular weight excluding hydrogens is 148 g/mol. The standard InChI is InChI=1S/C6H12N2O3/c7-4(3-5(8)9)1-2-6(10)11/h4H,1-3,7H2,(H2,8,9)(H,10,11). The zero-order valence-corrected chi connectivity index (χ0v) is 6.12. The van der Waals surface area contributed by atoms with Crippen molar-refractivity contribution in [2.24, 2.45) is 11.5 Å². The van der Waals surface area contributed by atoms with Gasteiger partial charge in [-0.05, 0) is 6.42 Å². The van der Waals surface area contributed by atoms with Gasteiger partial charge in [0.15, 0.2) is 0 Å². The first-order valence-corrected chi connectivity index (χ1v) is 3.28. The molecule has 0 saturated carbocycles. The van der Waals surface area contributed by atoms with E-state index in [1.165, 1.54) is 0 Å². The fourth-order valence-corrected chi connectivity index (χ4v) is 0.669. The Balaban J connectivity index is 3.44. The summed E-state index contributed by atoms with van der Waals surface area (Å²) in [6.07, 6.45) is 0.319. The Morgan fingerprint density at radius 3 is 2.36 bits per heavy atom. The second-order valence-corrected chi connectivity index (χ2v) is 2.36. The monoisotopic (exact) mass is 160 g/mol. The smallest absolute Gasteiger partial charge is 0.303 e. The van der Waals surface area contributed by atoms with Crippen LogP contribution in [-0.2, 0) is 9.59 Å². The van der Waals surface area contributed by atoms with E-state index in [2.05, 4.69) is 0 Å². The van der Waals surface area contributed by atoms with Gasteiger partial charge in [0.2, 0.25) is 5.91 Å². The first-order valence-electron chi connectivity index (χ1n) is 3.28. The van der Waals surface area contributed by atoms with Crippen molar-refractivity contribution < 1.29 is 14.7 Å². The van der Waals surface area contributed by atoms with E-state index < -0.39 is 17.9 Å². The summed E-state index contributed by atoms with van der Waals surface area (Å²) in [5.74, 6) is -1.41. The molecule has 64 valence electrons. The van der Waals surface area contributed by atoms with Gasteiger partial charge in [0.05, 0.1) is 0 Å². The second kappa shape index (κ2) is 4.68. The summed E-state index contributed by atoms with van der Waals surface area (Å²) in [5, 5.41) is 8.22. The highest BCUT2D eigenvalue weighted by Crippen LogP contribution is 1.97. The molecule has 0 saturated heterocycles. The zero-order chi connectivity index (χ0) is 8.85. The topological polar surface area (TPSA) is 106 Å². The maximum Gasteiger partial charge on any atom is 0.303 e. The van der Waals surface area contributed by atoms with Gasteiger partial charge in [-0.15, -0.1) is 0 Å². The van der Waals surface area contributed by atoms with Gasteiger partial charge in [-0.1, -0.05) is 0 Å². The summed E-state index contributed by atoms with van der Waals surface area (Å²) in [6.45, 7) is 0. The first-order chi connectivity index (χ1) is 5.02. The summed E-state index contributed by atoms with van der Waals surface area (Å²) >= 11 is 0. The summed E-state index contributed by atoms with van der Waals surface area (Å²) in [5.41, 5.74) is 10.2. The average Bonchev–Trinajstić information content (AvgIpc) is 1.82. The Labute approximate surface area is 64.4 Å². The predicted molar refractivity (Wildman–Crippen MR) is 38.7 cm³/mol. The molecule has 0 radical (unpaired) electrons. The number of hydrogen-bond acceptors (Lipinski definition) is 3. The Hall–Kier alpha value is -1.10. The van der Waals surface area contributed by atoms with Crippen molar-refractivity contribution in [1.82, 2.24) is 0 Å². The molecule has 1 amide bonds.